The standard InChI is InChI=1S/C13H15BrN2O2S2/c1-2-15-9-10-3-5-11(6-4-10)16-20(17,18)13-8-7-12(14)19-13/h3-8,15-16H,2,9H2,1H3. The summed E-state index contributed by atoms with van der Waals surface area (Å²) in [6.07, 6.45) is 0. The number of rotatable bonds is 6. The highest BCUT2D eigenvalue weighted by atomic mass is 79.9. The molecule has 1 aromatic heterocycles. The maximum atomic E-state index is 12.1. The molecule has 20 heavy (non-hydrogen) atoms. The molecule has 0 atom stereocenters. The smallest absolute Gasteiger partial charge is 0.271 e. The highest BCUT2D eigenvalue weighted by Gasteiger charge is 2.16. The van der Waals surface area contributed by atoms with Gasteiger partial charge in [-0.3, -0.25) is 4.72 Å². The van der Waals surface area contributed by atoms with Crippen LogP contribution in [0.4, 0.5) is 5.69 Å². The fourth-order valence-electron chi connectivity index (χ4n) is 1.61. The Morgan fingerprint density at radius 3 is 2.40 bits per heavy atom. The summed E-state index contributed by atoms with van der Waals surface area (Å²) in [5.41, 5.74) is 1.68. The predicted molar refractivity (Wildman–Crippen MR) is 86.7 cm³/mol. The van der Waals surface area contributed by atoms with E-state index in [0.717, 1.165) is 22.4 Å². The van der Waals surface area contributed by atoms with E-state index in [4.69, 9.17) is 0 Å². The summed E-state index contributed by atoms with van der Waals surface area (Å²) in [4.78, 5) is 0. The molecule has 2 aromatic rings. The quantitative estimate of drug-likeness (QED) is 0.814. The van der Waals surface area contributed by atoms with Crippen molar-refractivity contribution in [3.05, 3.63) is 45.7 Å². The Bertz CT molecular complexity index is 666. The minimum atomic E-state index is -3.50. The Balaban J connectivity index is 2.09. The molecule has 0 aliphatic heterocycles. The van der Waals surface area contributed by atoms with E-state index in [1.54, 1.807) is 24.3 Å². The van der Waals surface area contributed by atoms with Gasteiger partial charge in [-0.15, -0.1) is 11.3 Å². The van der Waals surface area contributed by atoms with E-state index in [2.05, 4.69) is 26.0 Å². The summed E-state index contributed by atoms with van der Waals surface area (Å²) in [7, 11) is -3.50. The molecule has 0 saturated heterocycles. The molecule has 2 rings (SSSR count). The highest BCUT2D eigenvalue weighted by molar-refractivity contribution is 9.11. The first-order valence-corrected chi connectivity index (χ1v) is 9.18. The van der Waals surface area contributed by atoms with E-state index in [-0.39, 0.29) is 0 Å². The first-order chi connectivity index (χ1) is 9.51. The van der Waals surface area contributed by atoms with Gasteiger partial charge in [0.25, 0.3) is 10.0 Å². The van der Waals surface area contributed by atoms with E-state index < -0.39 is 10.0 Å². The largest absolute Gasteiger partial charge is 0.313 e. The summed E-state index contributed by atoms with van der Waals surface area (Å²) in [6, 6.07) is 10.7. The fraction of sp³-hybridized carbons (Fsp3) is 0.231. The van der Waals surface area contributed by atoms with Gasteiger partial charge in [0.1, 0.15) is 4.21 Å². The second-order valence-corrected chi connectivity index (χ2v) is 8.51. The Morgan fingerprint density at radius 1 is 1.15 bits per heavy atom. The number of benzene rings is 1. The molecule has 4 nitrogen and oxygen atoms in total. The SMILES string of the molecule is CCNCc1ccc(NS(=O)(=O)c2ccc(Br)s2)cc1. The van der Waals surface area contributed by atoms with Crippen molar-refractivity contribution in [3.8, 4) is 0 Å². The summed E-state index contributed by atoms with van der Waals surface area (Å²) in [6.45, 7) is 3.73. The minimum Gasteiger partial charge on any atom is -0.313 e. The first-order valence-electron chi connectivity index (χ1n) is 6.09. The molecule has 1 aromatic carbocycles. The number of anilines is 1. The maximum Gasteiger partial charge on any atom is 0.271 e. The third-order valence-electron chi connectivity index (χ3n) is 2.60. The molecule has 7 heteroatoms. The van der Waals surface area contributed by atoms with Crippen LogP contribution in [0.1, 0.15) is 12.5 Å². The van der Waals surface area contributed by atoms with Gasteiger partial charge in [0.2, 0.25) is 0 Å². The van der Waals surface area contributed by atoms with Gasteiger partial charge in [0.05, 0.1) is 3.79 Å². The van der Waals surface area contributed by atoms with Crippen molar-refractivity contribution in [2.24, 2.45) is 0 Å². The molecule has 1 heterocycles. The molecular formula is C13H15BrN2O2S2. The Kier molecular flexibility index (Phi) is 5.20. The van der Waals surface area contributed by atoms with Gasteiger partial charge in [0.15, 0.2) is 0 Å². The third-order valence-corrected chi connectivity index (χ3v) is 6.10. The lowest BCUT2D eigenvalue weighted by atomic mass is 10.2. The van der Waals surface area contributed by atoms with Crippen LogP contribution in [0.2, 0.25) is 0 Å². The topological polar surface area (TPSA) is 58.2 Å². The fourth-order valence-corrected chi connectivity index (χ4v) is 4.68. The van der Waals surface area contributed by atoms with E-state index >= 15 is 0 Å². The first kappa shape index (κ1) is 15.5. The maximum absolute atomic E-state index is 12.1. The zero-order chi connectivity index (χ0) is 14.6. The van der Waals surface area contributed by atoms with Crippen molar-refractivity contribution in [3.63, 3.8) is 0 Å². The van der Waals surface area contributed by atoms with Crippen LogP contribution in [0.25, 0.3) is 0 Å². The molecule has 0 aliphatic carbocycles. The van der Waals surface area contributed by atoms with Crippen LogP contribution < -0.4 is 10.0 Å². The molecule has 2 N–H and O–H groups in total. The van der Waals surface area contributed by atoms with Crippen molar-refractivity contribution in [2.75, 3.05) is 11.3 Å². The van der Waals surface area contributed by atoms with Crippen LogP contribution >= 0.6 is 27.3 Å². The van der Waals surface area contributed by atoms with Crippen LogP contribution in [0, 0.1) is 0 Å². The van der Waals surface area contributed by atoms with Crippen molar-refractivity contribution in [1.82, 2.24) is 5.32 Å². The van der Waals surface area contributed by atoms with Crippen LogP contribution in [0.3, 0.4) is 0 Å². The van der Waals surface area contributed by atoms with Crippen molar-refractivity contribution < 1.29 is 8.42 Å². The van der Waals surface area contributed by atoms with Crippen molar-refractivity contribution in [2.45, 2.75) is 17.7 Å². The van der Waals surface area contributed by atoms with Crippen LogP contribution in [-0.4, -0.2) is 15.0 Å². The number of thiophene rings is 1. The second-order valence-electron chi connectivity index (χ2n) is 4.14. The number of sulfonamides is 1. The molecule has 0 radical (unpaired) electrons. The van der Waals surface area contributed by atoms with Gasteiger partial charge in [-0.05, 0) is 52.3 Å². The summed E-state index contributed by atoms with van der Waals surface area (Å²) in [5.74, 6) is 0. The normalized spacial score (nSPS) is 11.5. The number of nitrogens with one attached hydrogen (secondary N) is 2. The predicted octanol–water partition coefficient (Wildman–Crippen LogP) is 3.42. The number of hydrogen-bond donors (Lipinski definition) is 2. The molecule has 0 saturated carbocycles. The highest BCUT2D eigenvalue weighted by Crippen LogP contribution is 2.27. The minimum absolute atomic E-state index is 0.293. The second kappa shape index (κ2) is 6.71. The molecule has 0 amide bonds. The number of halogens is 1. The summed E-state index contributed by atoms with van der Waals surface area (Å²) in [5, 5.41) is 3.22. The van der Waals surface area contributed by atoms with Crippen LogP contribution in [-0.2, 0) is 16.6 Å². The van der Waals surface area contributed by atoms with Gasteiger partial charge < -0.3 is 5.32 Å². The van der Waals surface area contributed by atoms with Crippen molar-refractivity contribution in [1.29, 1.82) is 0 Å². The van der Waals surface area contributed by atoms with E-state index in [0.29, 0.717) is 9.90 Å². The average Bonchev–Trinajstić information content (AvgIpc) is 2.85. The van der Waals surface area contributed by atoms with E-state index in [1.807, 2.05) is 19.1 Å². The molecule has 108 valence electrons. The summed E-state index contributed by atoms with van der Waals surface area (Å²) < 4.78 is 27.9. The molecule has 0 aliphatic rings. The molecule has 0 bridgehead atoms. The molecule has 0 unspecified atom stereocenters. The van der Waals surface area contributed by atoms with Crippen LogP contribution in [0.15, 0.2) is 44.4 Å². The number of hydrogen-bond acceptors (Lipinski definition) is 4. The zero-order valence-electron chi connectivity index (χ0n) is 10.9. The lowest BCUT2D eigenvalue weighted by Gasteiger charge is -2.07. The lowest BCUT2D eigenvalue weighted by Crippen LogP contribution is -2.13. The average molecular weight is 375 g/mol. The molecule has 0 spiro atoms. The monoisotopic (exact) mass is 374 g/mol. The van der Waals surface area contributed by atoms with E-state index in [1.165, 1.54) is 11.3 Å². The third kappa shape index (κ3) is 4.05. The Hall–Kier alpha value is -0.890. The Labute approximate surface area is 131 Å². The van der Waals surface area contributed by atoms with Crippen LogP contribution in [0.5, 0.6) is 0 Å². The summed E-state index contributed by atoms with van der Waals surface area (Å²) >= 11 is 4.45. The molecular weight excluding hydrogens is 360 g/mol. The van der Waals surface area contributed by atoms with Gasteiger partial charge in [-0.1, -0.05) is 19.1 Å². The van der Waals surface area contributed by atoms with E-state index in [9.17, 15) is 8.42 Å². The van der Waals surface area contributed by atoms with Crippen molar-refractivity contribution >= 4 is 43.0 Å². The van der Waals surface area contributed by atoms with Gasteiger partial charge >= 0.3 is 0 Å². The Morgan fingerprint density at radius 2 is 1.85 bits per heavy atom. The zero-order valence-corrected chi connectivity index (χ0v) is 14.1. The molecule has 0 fully saturated rings. The van der Waals surface area contributed by atoms with Gasteiger partial charge in [-0.2, -0.15) is 0 Å². The van der Waals surface area contributed by atoms with Gasteiger partial charge in [-0.25, -0.2) is 8.42 Å². The lowest BCUT2D eigenvalue weighted by molar-refractivity contribution is 0.603. The van der Waals surface area contributed by atoms with Gasteiger partial charge in [0, 0.05) is 12.2 Å².